The number of halogens is 2. The summed E-state index contributed by atoms with van der Waals surface area (Å²) in [6.45, 7) is 6.89. The molecule has 1 aromatic carbocycles. The van der Waals surface area contributed by atoms with E-state index >= 15 is 0 Å². The molecule has 1 aliphatic heterocycles. The maximum absolute atomic E-state index is 13.0. The van der Waals surface area contributed by atoms with Gasteiger partial charge in [-0.05, 0) is 61.1 Å². The Balaban J connectivity index is 1.47. The highest BCUT2D eigenvalue weighted by molar-refractivity contribution is 6.60. The van der Waals surface area contributed by atoms with Crippen molar-refractivity contribution >= 4 is 18.7 Å². The second kappa shape index (κ2) is 5.21. The first-order valence-corrected chi connectivity index (χ1v) is 8.96. The Morgan fingerprint density at radius 3 is 2.61 bits per heavy atom. The van der Waals surface area contributed by atoms with E-state index < -0.39 is 0 Å². The zero-order valence-electron chi connectivity index (χ0n) is 13.9. The van der Waals surface area contributed by atoms with Crippen LogP contribution in [0.2, 0.25) is 0 Å². The van der Waals surface area contributed by atoms with Crippen molar-refractivity contribution in [2.24, 2.45) is 17.3 Å². The highest BCUT2D eigenvalue weighted by Crippen LogP contribution is 2.65. The number of benzene rings is 1. The number of alkyl halides is 1. The molecule has 2 bridgehead atoms. The molecule has 0 unspecified atom stereocenters. The third-order valence-corrected chi connectivity index (χ3v) is 6.97. The van der Waals surface area contributed by atoms with Crippen LogP contribution in [0.25, 0.3) is 0 Å². The van der Waals surface area contributed by atoms with Gasteiger partial charge in [-0.2, -0.15) is 0 Å². The molecule has 0 amide bonds. The summed E-state index contributed by atoms with van der Waals surface area (Å²) in [6, 6.07) is 6.48. The molecule has 3 saturated carbocycles. The van der Waals surface area contributed by atoms with Crippen LogP contribution in [0.3, 0.4) is 0 Å². The molecule has 1 aromatic rings. The first-order chi connectivity index (χ1) is 10.8. The quantitative estimate of drug-likeness (QED) is 0.607. The third-order valence-electron chi connectivity index (χ3n) is 6.61. The van der Waals surface area contributed by atoms with Gasteiger partial charge in [-0.1, -0.05) is 26.0 Å². The molecule has 0 N–H and O–H groups in total. The summed E-state index contributed by atoms with van der Waals surface area (Å²) >= 11 is 6.58. The van der Waals surface area contributed by atoms with Crippen LogP contribution >= 0.6 is 11.6 Å². The Kier molecular flexibility index (Phi) is 3.61. The molecular weight excluding hydrogens is 313 g/mol. The SMILES string of the molecule is CC1(C)[C@@H]2C[C@H]3OB([C@H](Cl)Cc4ccc(F)cc4)O[C@@]3(C)[C@H]1C2. The van der Waals surface area contributed by atoms with E-state index in [9.17, 15) is 4.39 Å². The molecule has 5 heteroatoms. The second-order valence-corrected chi connectivity index (χ2v) is 8.74. The highest BCUT2D eigenvalue weighted by atomic mass is 35.5. The van der Waals surface area contributed by atoms with Crippen molar-refractivity contribution in [2.45, 2.75) is 57.0 Å². The Labute approximate surface area is 142 Å². The summed E-state index contributed by atoms with van der Waals surface area (Å²) in [5, 5.41) is -0.261. The molecule has 124 valence electrons. The predicted octanol–water partition coefficient (Wildman–Crippen LogP) is 4.24. The van der Waals surface area contributed by atoms with Gasteiger partial charge in [0.05, 0.1) is 17.0 Å². The minimum Gasteiger partial charge on any atom is -0.404 e. The van der Waals surface area contributed by atoms with E-state index in [1.807, 2.05) is 0 Å². The van der Waals surface area contributed by atoms with Gasteiger partial charge in [0.15, 0.2) is 0 Å². The summed E-state index contributed by atoms with van der Waals surface area (Å²) in [4.78, 5) is 0. The van der Waals surface area contributed by atoms with E-state index in [1.54, 1.807) is 12.1 Å². The molecule has 0 aromatic heterocycles. The van der Waals surface area contributed by atoms with Crippen molar-refractivity contribution in [2.75, 3.05) is 0 Å². The van der Waals surface area contributed by atoms with Crippen LogP contribution in [0.4, 0.5) is 4.39 Å². The number of hydrogen-bond donors (Lipinski definition) is 0. The molecule has 1 heterocycles. The van der Waals surface area contributed by atoms with Crippen molar-refractivity contribution in [3.05, 3.63) is 35.6 Å². The lowest BCUT2D eigenvalue weighted by Gasteiger charge is -2.64. The van der Waals surface area contributed by atoms with Crippen molar-refractivity contribution < 1.29 is 13.7 Å². The van der Waals surface area contributed by atoms with Crippen molar-refractivity contribution in [3.8, 4) is 0 Å². The molecule has 23 heavy (non-hydrogen) atoms. The summed E-state index contributed by atoms with van der Waals surface area (Å²) in [7, 11) is -0.383. The van der Waals surface area contributed by atoms with Gasteiger partial charge in [-0.3, -0.25) is 0 Å². The van der Waals surface area contributed by atoms with Gasteiger partial charge in [-0.15, -0.1) is 11.6 Å². The van der Waals surface area contributed by atoms with Gasteiger partial charge < -0.3 is 9.31 Å². The zero-order valence-corrected chi connectivity index (χ0v) is 14.6. The van der Waals surface area contributed by atoms with Crippen LogP contribution in [0.1, 0.15) is 39.2 Å². The fourth-order valence-corrected chi connectivity index (χ4v) is 5.28. The Bertz CT molecular complexity index is 608. The average molecular weight is 337 g/mol. The van der Waals surface area contributed by atoms with Crippen LogP contribution in [0.15, 0.2) is 24.3 Å². The van der Waals surface area contributed by atoms with Crippen molar-refractivity contribution in [1.82, 2.24) is 0 Å². The van der Waals surface area contributed by atoms with Crippen LogP contribution < -0.4 is 0 Å². The van der Waals surface area contributed by atoms with Crippen LogP contribution in [-0.4, -0.2) is 24.1 Å². The van der Waals surface area contributed by atoms with Crippen molar-refractivity contribution in [1.29, 1.82) is 0 Å². The molecule has 4 aliphatic rings. The van der Waals surface area contributed by atoms with E-state index in [4.69, 9.17) is 20.9 Å². The van der Waals surface area contributed by atoms with Gasteiger partial charge in [0.1, 0.15) is 5.82 Å². The lowest BCUT2D eigenvalue weighted by Crippen LogP contribution is -2.65. The average Bonchev–Trinajstić information content (AvgIpc) is 2.86. The Hall–Kier alpha value is -0.575. The topological polar surface area (TPSA) is 18.5 Å². The van der Waals surface area contributed by atoms with Gasteiger partial charge in [-0.25, -0.2) is 4.39 Å². The van der Waals surface area contributed by atoms with E-state index in [0.29, 0.717) is 17.8 Å². The van der Waals surface area contributed by atoms with E-state index in [0.717, 1.165) is 17.9 Å². The molecule has 3 aliphatic carbocycles. The van der Waals surface area contributed by atoms with Gasteiger partial charge in [0.2, 0.25) is 0 Å². The smallest absolute Gasteiger partial charge is 0.404 e. The van der Waals surface area contributed by atoms with E-state index in [2.05, 4.69) is 20.8 Å². The number of rotatable bonds is 3. The summed E-state index contributed by atoms with van der Waals surface area (Å²) in [6.07, 6.45) is 3.07. The normalized spacial score (nSPS) is 38.8. The Morgan fingerprint density at radius 1 is 1.26 bits per heavy atom. The Morgan fingerprint density at radius 2 is 1.96 bits per heavy atom. The molecule has 5 atom stereocenters. The molecule has 0 spiro atoms. The summed E-state index contributed by atoms with van der Waals surface area (Å²) in [5.41, 5.74) is 1.12. The molecule has 2 nitrogen and oxygen atoms in total. The summed E-state index contributed by atoms with van der Waals surface area (Å²) in [5.74, 6) is 1.05. The molecule has 0 radical (unpaired) electrons. The maximum atomic E-state index is 13.0. The minimum atomic E-state index is -0.383. The molecule has 1 saturated heterocycles. The maximum Gasteiger partial charge on any atom is 0.477 e. The van der Waals surface area contributed by atoms with Gasteiger partial charge >= 0.3 is 7.12 Å². The first-order valence-electron chi connectivity index (χ1n) is 8.52. The molecule has 4 fully saturated rings. The molecular formula is C18H23BClFO2. The van der Waals surface area contributed by atoms with E-state index in [-0.39, 0.29) is 29.9 Å². The van der Waals surface area contributed by atoms with Gasteiger partial charge in [0.25, 0.3) is 0 Å². The minimum absolute atomic E-state index is 0.152. The fraction of sp³-hybridized carbons (Fsp3) is 0.667. The standard InChI is InChI=1S/C18H23BClFO2/c1-17(2)12-9-14(17)18(3)15(10-12)22-19(23-18)16(20)8-11-4-6-13(21)7-5-11/h4-7,12,14-16H,8-10H2,1-3H3/t12-,14-,15+,16+,18-/m0/s1. The molecule has 5 rings (SSSR count). The largest absolute Gasteiger partial charge is 0.477 e. The third kappa shape index (κ3) is 2.37. The monoisotopic (exact) mass is 336 g/mol. The zero-order chi connectivity index (χ0) is 16.4. The first kappa shape index (κ1) is 15.9. The second-order valence-electron chi connectivity index (χ2n) is 8.18. The van der Waals surface area contributed by atoms with Crippen molar-refractivity contribution in [3.63, 3.8) is 0 Å². The van der Waals surface area contributed by atoms with Crippen LogP contribution in [0.5, 0.6) is 0 Å². The lowest BCUT2D eigenvalue weighted by molar-refractivity contribution is -0.199. The summed E-state index contributed by atoms with van der Waals surface area (Å²) < 4.78 is 25.6. The fourth-order valence-electron chi connectivity index (χ4n) is 5.00. The lowest BCUT2D eigenvalue weighted by atomic mass is 9.43. The van der Waals surface area contributed by atoms with Crippen LogP contribution in [-0.2, 0) is 15.7 Å². The number of hydrogen-bond acceptors (Lipinski definition) is 2. The van der Waals surface area contributed by atoms with Crippen LogP contribution in [0, 0.1) is 23.1 Å². The van der Waals surface area contributed by atoms with Gasteiger partial charge in [0, 0.05) is 0 Å². The van der Waals surface area contributed by atoms with E-state index in [1.165, 1.54) is 18.6 Å². The predicted molar refractivity (Wildman–Crippen MR) is 89.9 cm³/mol. The highest BCUT2D eigenvalue weighted by Gasteiger charge is 2.68.